The van der Waals surface area contributed by atoms with Gasteiger partial charge in [-0.25, -0.2) is 8.78 Å². The lowest BCUT2D eigenvalue weighted by Gasteiger charge is -2.28. The second-order valence-corrected chi connectivity index (χ2v) is 10.7. The van der Waals surface area contributed by atoms with Gasteiger partial charge in [-0.05, 0) is 86.4 Å². The van der Waals surface area contributed by atoms with Crippen molar-refractivity contribution in [2.75, 3.05) is 26.2 Å². The van der Waals surface area contributed by atoms with Gasteiger partial charge in [-0.1, -0.05) is 54.1 Å². The molecule has 1 aliphatic heterocycles. The predicted molar refractivity (Wildman–Crippen MR) is 151 cm³/mol. The summed E-state index contributed by atoms with van der Waals surface area (Å²) in [5, 5.41) is 3.38. The lowest BCUT2D eigenvalue weighted by Crippen LogP contribution is -2.40. The molecule has 0 radical (unpaired) electrons. The Morgan fingerprint density at radius 2 is 1.60 bits per heavy atom. The Morgan fingerprint density at radius 3 is 2.33 bits per heavy atom. The quantitative estimate of drug-likeness (QED) is 0.223. The van der Waals surface area contributed by atoms with Crippen LogP contribution >= 0.6 is 0 Å². The van der Waals surface area contributed by atoms with Crippen molar-refractivity contribution >= 4 is 11.5 Å². The molecule has 4 nitrogen and oxygen atoms in total. The van der Waals surface area contributed by atoms with E-state index in [0.29, 0.717) is 32.0 Å². The molecule has 0 bridgehead atoms. The number of nitrogens with one attached hydrogen (secondary N) is 1. The van der Waals surface area contributed by atoms with Crippen LogP contribution in [-0.4, -0.2) is 43.1 Å². The van der Waals surface area contributed by atoms with Gasteiger partial charge in [-0.2, -0.15) is 4.39 Å². The minimum Gasteiger partial charge on any atom is -0.488 e. The third-order valence-corrected chi connectivity index (χ3v) is 7.65. The van der Waals surface area contributed by atoms with Crippen LogP contribution in [0.1, 0.15) is 47.9 Å². The maximum absolute atomic E-state index is 13.8. The van der Waals surface area contributed by atoms with Crippen LogP contribution in [0.5, 0.6) is 5.75 Å². The number of carbonyl (C=O) groups is 1. The molecule has 0 atom stereocenters. The predicted octanol–water partition coefficient (Wildman–Crippen LogP) is 6.40. The highest BCUT2D eigenvalue weighted by atomic mass is 19.2. The first kappa shape index (κ1) is 28.0. The molecular weight excluding hydrogens is 513 g/mol. The fourth-order valence-electron chi connectivity index (χ4n) is 5.19. The molecule has 7 heteroatoms. The third-order valence-electron chi connectivity index (χ3n) is 7.65. The number of ether oxygens (including phenoxy) is 1. The average molecular weight is 549 g/mol. The normalized spacial score (nSPS) is 15.3. The van der Waals surface area contributed by atoms with Crippen LogP contribution in [0.25, 0.3) is 5.57 Å². The van der Waals surface area contributed by atoms with Crippen molar-refractivity contribution in [3.8, 4) is 5.75 Å². The second-order valence-electron chi connectivity index (χ2n) is 10.7. The number of aryl methyl sites for hydroxylation is 2. The van der Waals surface area contributed by atoms with Crippen molar-refractivity contribution in [3.05, 3.63) is 106 Å². The van der Waals surface area contributed by atoms with E-state index in [2.05, 4.69) is 41.4 Å². The standard InChI is InChI=1S/C33H35F3N2O2/c1-22-4-6-24(7-5-22)17-19-38(26-12-13-26)33(39)28-21-37-18-16-27(28)25-10-8-23(9-11-25)3-2-20-40-32-30(35)15-14-29(34)31(32)36/h4-11,14-15,26,37H,2-3,12-13,16-21H2,1H3. The van der Waals surface area contributed by atoms with Crippen molar-refractivity contribution in [1.82, 2.24) is 10.2 Å². The highest BCUT2D eigenvalue weighted by Crippen LogP contribution is 2.32. The van der Waals surface area contributed by atoms with E-state index in [1.165, 1.54) is 11.1 Å². The minimum absolute atomic E-state index is 0.0636. The topological polar surface area (TPSA) is 41.6 Å². The lowest BCUT2D eigenvalue weighted by atomic mass is 9.92. The van der Waals surface area contributed by atoms with Crippen LogP contribution in [0, 0.1) is 24.4 Å². The Morgan fingerprint density at radius 1 is 0.925 bits per heavy atom. The number of hydrogen-bond donors (Lipinski definition) is 1. The Hall–Kier alpha value is -3.58. The summed E-state index contributed by atoms with van der Waals surface area (Å²) in [4.78, 5) is 15.9. The van der Waals surface area contributed by atoms with E-state index < -0.39 is 23.2 Å². The molecule has 1 N–H and O–H groups in total. The number of hydrogen-bond acceptors (Lipinski definition) is 3. The van der Waals surface area contributed by atoms with Gasteiger partial charge < -0.3 is 15.0 Å². The highest BCUT2D eigenvalue weighted by molar-refractivity contribution is 6.02. The summed E-state index contributed by atoms with van der Waals surface area (Å²) in [7, 11) is 0. The second kappa shape index (κ2) is 12.7. The van der Waals surface area contributed by atoms with Gasteiger partial charge in [0.1, 0.15) is 0 Å². The maximum Gasteiger partial charge on any atom is 0.251 e. The molecule has 0 spiro atoms. The molecule has 1 fully saturated rings. The first-order valence-electron chi connectivity index (χ1n) is 14.1. The number of benzene rings is 3. The van der Waals surface area contributed by atoms with Crippen molar-refractivity contribution in [2.24, 2.45) is 0 Å². The fourth-order valence-corrected chi connectivity index (χ4v) is 5.19. The van der Waals surface area contributed by atoms with Gasteiger partial charge in [0, 0.05) is 24.7 Å². The SMILES string of the molecule is Cc1ccc(CCN(C(=O)C2=C(c3ccc(CCCOc4c(F)ccc(F)c4F)cc3)CCNC2)C2CC2)cc1. The molecular formula is C33H35F3N2O2. The van der Waals surface area contributed by atoms with Gasteiger partial charge in [0.15, 0.2) is 17.4 Å². The number of amides is 1. The molecule has 210 valence electrons. The summed E-state index contributed by atoms with van der Waals surface area (Å²) in [6.07, 6.45) is 4.91. The highest BCUT2D eigenvalue weighted by Gasteiger charge is 2.35. The number of halogens is 3. The number of carbonyl (C=O) groups excluding carboxylic acids is 1. The van der Waals surface area contributed by atoms with Gasteiger partial charge >= 0.3 is 0 Å². The van der Waals surface area contributed by atoms with Crippen molar-refractivity contribution in [1.29, 1.82) is 0 Å². The van der Waals surface area contributed by atoms with Gasteiger partial charge in [0.25, 0.3) is 5.91 Å². The van der Waals surface area contributed by atoms with Crippen molar-refractivity contribution < 1.29 is 22.7 Å². The summed E-state index contributed by atoms with van der Waals surface area (Å²) < 4.78 is 46.1. The van der Waals surface area contributed by atoms with Crippen LogP contribution in [-0.2, 0) is 17.6 Å². The summed E-state index contributed by atoms with van der Waals surface area (Å²) in [6.45, 7) is 4.25. The van der Waals surface area contributed by atoms with Gasteiger partial charge in [0.2, 0.25) is 5.82 Å². The molecule has 2 aliphatic rings. The van der Waals surface area contributed by atoms with Gasteiger partial charge in [0.05, 0.1) is 6.61 Å². The molecule has 0 saturated heterocycles. The molecule has 5 rings (SSSR count). The van der Waals surface area contributed by atoms with E-state index in [1.54, 1.807) is 0 Å². The molecule has 1 aliphatic carbocycles. The average Bonchev–Trinajstić information content (AvgIpc) is 3.81. The lowest BCUT2D eigenvalue weighted by molar-refractivity contribution is -0.127. The van der Waals surface area contributed by atoms with Crippen LogP contribution in [0.2, 0.25) is 0 Å². The molecule has 1 heterocycles. The van der Waals surface area contributed by atoms with Crippen LogP contribution in [0.15, 0.2) is 66.2 Å². The summed E-state index contributed by atoms with van der Waals surface area (Å²) >= 11 is 0. The first-order valence-corrected chi connectivity index (χ1v) is 14.1. The Bertz CT molecular complexity index is 1370. The van der Waals surface area contributed by atoms with E-state index in [0.717, 1.165) is 66.6 Å². The molecule has 3 aromatic carbocycles. The Labute approximate surface area is 233 Å². The van der Waals surface area contributed by atoms with Gasteiger partial charge in [-0.15, -0.1) is 0 Å². The van der Waals surface area contributed by atoms with Crippen molar-refractivity contribution in [3.63, 3.8) is 0 Å². The summed E-state index contributed by atoms with van der Waals surface area (Å²) in [6, 6.07) is 18.6. The minimum atomic E-state index is -1.31. The van der Waals surface area contributed by atoms with E-state index >= 15 is 0 Å². The zero-order chi connectivity index (χ0) is 28.1. The zero-order valence-electron chi connectivity index (χ0n) is 22.8. The Kier molecular flexibility index (Phi) is 8.90. The molecule has 0 aromatic heterocycles. The van der Waals surface area contributed by atoms with Gasteiger partial charge in [-0.3, -0.25) is 4.79 Å². The summed E-state index contributed by atoms with van der Waals surface area (Å²) in [5.74, 6) is -3.90. The molecule has 40 heavy (non-hydrogen) atoms. The van der Waals surface area contributed by atoms with E-state index in [1.807, 2.05) is 24.3 Å². The van der Waals surface area contributed by atoms with Crippen LogP contribution in [0.3, 0.4) is 0 Å². The molecule has 0 unspecified atom stereocenters. The number of rotatable bonds is 11. The summed E-state index contributed by atoms with van der Waals surface area (Å²) in [5.41, 5.74) is 6.51. The van der Waals surface area contributed by atoms with Crippen LogP contribution in [0.4, 0.5) is 13.2 Å². The largest absolute Gasteiger partial charge is 0.488 e. The smallest absolute Gasteiger partial charge is 0.251 e. The monoisotopic (exact) mass is 548 g/mol. The third kappa shape index (κ3) is 6.76. The molecule has 1 amide bonds. The first-order chi connectivity index (χ1) is 19.4. The van der Waals surface area contributed by atoms with E-state index in [-0.39, 0.29) is 12.5 Å². The van der Waals surface area contributed by atoms with Crippen LogP contribution < -0.4 is 10.1 Å². The zero-order valence-corrected chi connectivity index (χ0v) is 22.8. The Balaban J connectivity index is 1.22. The van der Waals surface area contributed by atoms with E-state index in [9.17, 15) is 18.0 Å². The molecule has 1 saturated carbocycles. The fraction of sp³-hybridized carbons (Fsp3) is 0.364. The molecule has 3 aromatic rings. The van der Waals surface area contributed by atoms with E-state index in [4.69, 9.17) is 4.74 Å². The maximum atomic E-state index is 13.8. The van der Waals surface area contributed by atoms with Crippen molar-refractivity contribution in [2.45, 2.75) is 51.5 Å². The number of nitrogens with zero attached hydrogens (tertiary/aromatic N) is 1.